The summed E-state index contributed by atoms with van der Waals surface area (Å²) in [6, 6.07) is 0.0816. The summed E-state index contributed by atoms with van der Waals surface area (Å²) in [5, 5.41) is 0. The van der Waals surface area contributed by atoms with Crippen LogP contribution in [0.5, 0.6) is 0 Å². The maximum Gasteiger partial charge on any atom is 0.209 e. The summed E-state index contributed by atoms with van der Waals surface area (Å²) in [4.78, 5) is 9.91. The fourth-order valence-corrected chi connectivity index (χ4v) is 1.87. The first-order valence-corrected chi connectivity index (χ1v) is 5.48. The fourth-order valence-electron chi connectivity index (χ4n) is 1.87. The number of hydrogen-bond acceptors (Lipinski definition) is 6. The minimum Gasteiger partial charge on any atom is -0.377 e. The number of rotatable bonds is 2. The first-order chi connectivity index (χ1) is 8.13. The molecule has 1 aliphatic heterocycles. The van der Waals surface area contributed by atoms with Crippen LogP contribution in [0.4, 0.5) is 16.0 Å². The molecule has 0 aliphatic carbocycles. The quantitative estimate of drug-likeness (QED) is 0.632. The van der Waals surface area contributed by atoms with Gasteiger partial charge in [0, 0.05) is 6.54 Å². The lowest BCUT2D eigenvalue weighted by atomic mass is 10.2. The standard InChI is InChI=1S/C10H16FN5O.2ClH/c1-6-5-17-4-3-16(6)10-8(11)9(15-12)13-7(2)14-10;;/h6H,3-5,12H2,1-2H3,(H,13,14,15);2*1H/t6-;;/m0../s1. The number of hydrazine groups is 1. The second-order valence-corrected chi connectivity index (χ2v) is 4.02. The van der Waals surface area contributed by atoms with Crippen molar-refractivity contribution in [1.29, 1.82) is 0 Å². The van der Waals surface area contributed by atoms with E-state index >= 15 is 0 Å². The van der Waals surface area contributed by atoms with Gasteiger partial charge in [0.1, 0.15) is 5.82 Å². The average molecular weight is 314 g/mol. The first-order valence-electron chi connectivity index (χ1n) is 5.48. The molecular weight excluding hydrogens is 296 g/mol. The van der Waals surface area contributed by atoms with Gasteiger partial charge in [-0.1, -0.05) is 0 Å². The Morgan fingerprint density at radius 3 is 2.68 bits per heavy atom. The van der Waals surface area contributed by atoms with Gasteiger partial charge in [-0.15, -0.1) is 24.8 Å². The van der Waals surface area contributed by atoms with Crippen molar-refractivity contribution in [3.63, 3.8) is 0 Å². The number of ether oxygens (including phenoxy) is 1. The Kier molecular flexibility index (Phi) is 7.28. The molecule has 0 unspecified atom stereocenters. The molecule has 0 radical (unpaired) electrons. The van der Waals surface area contributed by atoms with Gasteiger partial charge in [-0.3, -0.25) is 0 Å². The van der Waals surface area contributed by atoms with Crippen LogP contribution in [0, 0.1) is 12.7 Å². The Labute approximate surface area is 123 Å². The molecule has 1 aromatic rings. The van der Waals surface area contributed by atoms with Crippen molar-refractivity contribution >= 4 is 36.4 Å². The molecule has 0 saturated carbocycles. The van der Waals surface area contributed by atoms with Crippen molar-refractivity contribution in [1.82, 2.24) is 9.97 Å². The first kappa shape index (κ1) is 18.1. The highest BCUT2D eigenvalue weighted by Gasteiger charge is 2.25. The average Bonchev–Trinajstić information content (AvgIpc) is 2.32. The van der Waals surface area contributed by atoms with Crippen LogP contribution >= 0.6 is 24.8 Å². The van der Waals surface area contributed by atoms with Gasteiger partial charge >= 0.3 is 0 Å². The Bertz CT molecular complexity index is 423. The lowest BCUT2D eigenvalue weighted by molar-refractivity contribution is 0.0981. The van der Waals surface area contributed by atoms with E-state index in [1.54, 1.807) is 6.92 Å². The maximum atomic E-state index is 14.1. The Balaban J connectivity index is 0.00000162. The minimum absolute atomic E-state index is 0. The van der Waals surface area contributed by atoms with E-state index in [2.05, 4.69) is 15.4 Å². The van der Waals surface area contributed by atoms with E-state index in [1.165, 1.54) is 0 Å². The molecule has 0 aromatic carbocycles. The molecule has 3 N–H and O–H groups in total. The number of anilines is 2. The molecule has 1 atom stereocenters. The summed E-state index contributed by atoms with van der Waals surface area (Å²) in [6.07, 6.45) is 0. The zero-order chi connectivity index (χ0) is 12.4. The van der Waals surface area contributed by atoms with Gasteiger partial charge in [0.25, 0.3) is 0 Å². The molecule has 0 spiro atoms. The predicted molar refractivity (Wildman–Crippen MR) is 76.7 cm³/mol. The summed E-state index contributed by atoms with van der Waals surface area (Å²) < 4.78 is 19.4. The molecule has 0 amide bonds. The fraction of sp³-hybridized carbons (Fsp3) is 0.600. The third-order valence-corrected chi connectivity index (χ3v) is 2.72. The van der Waals surface area contributed by atoms with E-state index in [1.807, 2.05) is 11.8 Å². The molecule has 0 bridgehead atoms. The van der Waals surface area contributed by atoms with Gasteiger partial charge < -0.3 is 15.1 Å². The maximum absolute atomic E-state index is 14.1. The number of aryl methyl sites for hydroxylation is 1. The smallest absolute Gasteiger partial charge is 0.209 e. The number of nitrogens with zero attached hydrogens (tertiary/aromatic N) is 3. The zero-order valence-corrected chi connectivity index (χ0v) is 12.4. The van der Waals surface area contributed by atoms with Crippen LogP contribution in [0.25, 0.3) is 0 Å². The van der Waals surface area contributed by atoms with Gasteiger partial charge in [-0.25, -0.2) is 15.8 Å². The number of nitrogens with one attached hydrogen (secondary N) is 1. The van der Waals surface area contributed by atoms with Gasteiger partial charge in [0.05, 0.1) is 19.3 Å². The zero-order valence-electron chi connectivity index (χ0n) is 10.7. The highest BCUT2D eigenvalue weighted by atomic mass is 35.5. The Hall–Kier alpha value is -0.890. The van der Waals surface area contributed by atoms with Crippen molar-refractivity contribution in [3.8, 4) is 0 Å². The van der Waals surface area contributed by atoms with Crippen LogP contribution in [0.2, 0.25) is 0 Å². The van der Waals surface area contributed by atoms with Gasteiger partial charge in [-0.05, 0) is 13.8 Å². The number of aromatic nitrogens is 2. The number of halogens is 3. The summed E-state index contributed by atoms with van der Waals surface area (Å²) in [7, 11) is 0. The van der Waals surface area contributed by atoms with Crippen molar-refractivity contribution in [3.05, 3.63) is 11.6 Å². The summed E-state index contributed by atoms with van der Waals surface area (Å²) in [6.45, 7) is 5.41. The van der Waals surface area contributed by atoms with E-state index in [9.17, 15) is 4.39 Å². The van der Waals surface area contributed by atoms with Crippen LogP contribution in [0.3, 0.4) is 0 Å². The topological polar surface area (TPSA) is 76.3 Å². The SMILES string of the molecule is Cc1nc(NN)c(F)c(N2CCOC[C@@H]2C)n1.Cl.Cl. The van der Waals surface area contributed by atoms with Crippen LogP contribution in [-0.4, -0.2) is 35.8 Å². The summed E-state index contributed by atoms with van der Waals surface area (Å²) >= 11 is 0. The highest BCUT2D eigenvalue weighted by molar-refractivity contribution is 5.85. The number of nitrogens with two attached hydrogens (primary N) is 1. The second-order valence-electron chi connectivity index (χ2n) is 4.02. The normalized spacial score (nSPS) is 18.3. The van der Waals surface area contributed by atoms with E-state index in [-0.39, 0.29) is 42.5 Å². The summed E-state index contributed by atoms with van der Waals surface area (Å²) in [5.41, 5.74) is 2.25. The number of hydrogen-bond donors (Lipinski definition) is 2. The summed E-state index contributed by atoms with van der Waals surface area (Å²) in [5.74, 6) is 5.49. The number of morpholine rings is 1. The van der Waals surface area contributed by atoms with Crippen molar-refractivity contribution < 1.29 is 9.13 Å². The Morgan fingerprint density at radius 2 is 2.11 bits per heavy atom. The third kappa shape index (κ3) is 3.79. The van der Waals surface area contributed by atoms with Gasteiger partial charge in [0.15, 0.2) is 11.6 Å². The van der Waals surface area contributed by atoms with Crippen LogP contribution in [0.15, 0.2) is 0 Å². The highest BCUT2D eigenvalue weighted by Crippen LogP contribution is 2.24. The third-order valence-electron chi connectivity index (χ3n) is 2.72. The minimum atomic E-state index is -0.521. The molecule has 2 heterocycles. The molecule has 9 heteroatoms. The van der Waals surface area contributed by atoms with Crippen molar-refractivity contribution in [2.75, 3.05) is 30.1 Å². The molecular formula is C10H18Cl2FN5O. The van der Waals surface area contributed by atoms with E-state index in [0.717, 1.165) is 0 Å². The van der Waals surface area contributed by atoms with E-state index in [4.69, 9.17) is 10.6 Å². The molecule has 6 nitrogen and oxygen atoms in total. The molecule has 19 heavy (non-hydrogen) atoms. The molecule has 1 aromatic heterocycles. The largest absolute Gasteiger partial charge is 0.377 e. The van der Waals surface area contributed by atoms with Crippen LogP contribution in [-0.2, 0) is 4.74 Å². The van der Waals surface area contributed by atoms with Crippen molar-refractivity contribution in [2.45, 2.75) is 19.9 Å². The van der Waals surface area contributed by atoms with Gasteiger partial charge in [-0.2, -0.15) is 4.39 Å². The molecule has 1 saturated heterocycles. The molecule has 2 rings (SSSR count). The van der Waals surface area contributed by atoms with E-state index < -0.39 is 5.82 Å². The Morgan fingerprint density at radius 1 is 1.42 bits per heavy atom. The second kappa shape index (κ2) is 7.64. The molecule has 110 valence electrons. The molecule has 1 aliphatic rings. The lowest BCUT2D eigenvalue weighted by Crippen LogP contribution is -2.44. The molecule has 1 fully saturated rings. The van der Waals surface area contributed by atoms with Crippen LogP contribution in [0.1, 0.15) is 12.7 Å². The number of nitrogen functional groups attached to an aromatic ring is 1. The van der Waals surface area contributed by atoms with Crippen LogP contribution < -0.4 is 16.2 Å². The monoisotopic (exact) mass is 313 g/mol. The predicted octanol–water partition coefficient (Wildman–Crippen LogP) is 1.28. The van der Waals surface area contributed by atoms with Crippen molar-refractivity contribution in [2.24, 2.45) is 5.84 Å². The van der Waals surface area contributed by atoms with Gasteiger partial charge in [0.2, 0.25) is 5.82 Å². The van der Waals surface area contributed by atoms with E-state index in [0.29, 0.717) is 25.6 Å². The lowest BCUT2D eigenvalue weighted by Gasteiger charge is -2.34.